The van der Waals surface area contributed by atoms with E-state index in [2.05, 4.69) is 20.8 Å². The Labute approximate surface area is 146 Å². The van der Waals surface area contributed by atoms with Crippen LogP contribution in [-0.4, -0.2) is 26.1 Å². The highest BCUT2D eigenvalue weighted by molar-refractivity contribution is 7.80. The number of aryl methyl sites for hydroxylation is 1. The molecule has 0 aliphatic carbocycles. The summed E-state index contributed by atoms with van der Waals surface area (Å²) in [6, 6.07) is 5.94. The number of carbonyl (C=O) groups is 1. The van der Waals surface area contributed by atoms with Crippen LogP contribution in [0.1, 0.15) is 17.5 Å². The molecule has 2 aromatic rings. The van der Waals surface area contributed by atoms with Crippen molar-refractivity contribution in [2.75, 3.05) is 5.32 Å². The molecule has 0 atom stereocenters. The van der Waals surface area contributed by atoms with Crippen molar-refractivity contribution in [1.82, 2.24) is 15.5 Å². The third-order valence-electron chi connectivity index (χ3n) is 2.73. The predicted octanol–water partition coefficient (Wildman–Crippen LogP) is 2.54. The fraction of sp³-hybridized carbons (Fsp3) is 0.143. The zero-order valence-corrected chi connectivity index (χ0v) is 14.2. The Morgan fingerprint density at radius 1 is 1.46 bits per heavy atom. The Hall–Kier alpha value is -2.72. The van der Waals surface area contributed by atoms with E-state index < -0.39 is 10.8 Å². The SMILES string of the molecule is CCc1nnc(NC(=S)NC(=O)/C=C/c2cccc([N+](=O)[O-])c2)s1. The number of hydrogen-bond acceptors (Lipinski definition) is 7. The molecule has 0 radical (unpaired) electrons. The van der Waals surface area contributed by atoms with Crippen molar-refractivity contribution in [2.45, 2.75) is 13.3 Å². The number of thiocarbonyl (C=S) groups is 1. The minimum absolute atomic E-state index is 0.0438. The molecule has 0 saturated heterocycles. The van der Waals surface area contributed by atoms with E-state index in [9.17, 15) is 14.9 Å². The standard InChI is InChI=1S/C14H13N5O3S2/c1-2-12-17-18-14(24-12)16-13(23)15-11(20)7-6-9-4-3-5-10(8-9)19(21)22/h3-8H,2H2,1H3,(H2,15,16,18,20,23)/b7-6+. The molecule has 1 aromatic heterocycles. The molecule has 1 aromatic carbocycles. The van der Waals surface area contributed by atoms with Gasteiger partial charge in [0.2, 0.25) is 11.0 Å². The first-order chi connectivity index (χ1) is 11.5. The summed E-state index contributed by atoms with van der Waals surface area (Å²) in [7, 11) is 0. The zero-order chi connectivity index (χ0) is 17.5. The summed E-state index contributed by atoms with van der Waals surface area (Å²) >= 11 is 6.37. The summed E-state index contributed by atoms with van der Waals surface area (Å²) in [6.07, 6.45) is 3.47. The van der Waals surface area contributed by atoms with Crippen molar-refractivity contribution in [3.8, 4) is 0 Å². The van der Waals surface area contributed by atoms with E-state index in [4.69, 9.17) is 12.2 Å². The van der Waals surface area contributed by atoms with Crippen LogP contribution in [-0.2, 0) is 11.2 Å². The van der Waals surface area contributed by atoms with E-state index in [1.165, 1.54) is 35.6 Å². The number of aromatic nitrogens is 2. The van der Waals surface area contributed by atoms with Gasteiger partial charge in [0.05, 0.1) is 4.92 Å². The first-order valence-corrected chi connectivity index (χ1v) is 8.07. The topological polar surface area (TPSA) is 110 Å². The van der Waals surface area contributed by atoms with Gasteiger partial charge in [-0.1, -0.05) is 30.4 Å². The van der Waals surface area contributed by atoms with Crippen LogP contribution < -0.4 is 10.6 Å². The van der Waals surface area contributed by atoms with Crippen LogP contribution in [0.5, 0.6) is 0 Å². The van der Waals surface area contributed by atoms with Crippen LogP contribution in [0, 0.1) is 10.1 Å². The molecule has 124 valence electrons. The third kappa shape index (κ3) is 5.18. The minimum atomic E-state index is -0.497. The van der Waals surface area contributed by atoms with E-state index in [0.29, 0.717) is 10.7 Å². The zero-order valence-electron chi connectivity index (χ0n) is 12.6. The lowest BCUT2D eigenvalue weighted by Crippen LogP contribution is -2.32. The molecule has 0 aliphatic heterocycles. The highest BCUT2D eigenvalue weighted by Crippen LogP contribution is 2.15. The Bertz CT molecular complexity index is 803. The molecule has 8 nitrogen and oxygen atoms in total. The fourth-order valence-electron chi connectivity index (χ4n) is 1.64. The summed E-state index contributed by atoms with van der Waals surface area (Å²) in [4.78, 5) is 22.0. The molecule has 2 N–H and O–H groups in total. The van der Waals surface area contributed by atoms with Crippen molar-refractivity contribution in [2.24, 2.45) is 0 Å². The van der Waals surface area contributed by atoms with E-state index in [1.807, 2.05) is 6.92 Å². The molecular weight excluding hydrogens is 350 g/mol. The fourth-order valence-corrected chi connectivity index (χ4v) is 2.59. The average Bonchev–Trinajstić information content (AvgIpc) is 3.00. The molecule has 2 rings (SSSR count). The lowest BCUT2D eigenvalue weighted by molar-refractivity contribution is -0.384. The smallest absolute Gasteiger partial charge is 0.270 e. The van der Waals surface area contributed by atoms with Crippen LogP contribution in [0.15, 0.2) is 30.3 Å². The number of anilines is 1. The van der Waals surface area contributed by atoms with Gasteiger partial charge < -0.3 is 5.32 Å². The van der Waals surface area contributed by atoms with E-state index in [1.54, 1.807) is 12.1 Å². The van der Waals surface area contributed by atoms with Crippen molar-refractivity contribution in [3.63, 3.8) is 0 Å². The van der Waals surface area contributed by atoms with Gasteiger partial charge in [0.25, 0.3) is 5.69 Å². The lowest BCUT2D eigenvalue weighted by Gasteiger charge is -2.03. The normalized spacial score (nSPS) is 10.5. The minimum Gasteiger partial charge on any atom is -0.307 e. The number of hydrogen-bond donors (Lipinski definition) is 2. The predicted molar refractivity (Wildman–Crippen MR) is 95.8 cm³/mol. The van der Waals surface area contributed by atoms with Crippen LogP contribution in [0.25, 0.3) is 6.08 Å². The van der Waals surface area contributed by atoms with Gasteiger partial charge in [0.1, 0.15) is 5.01 Å². The first kappa shape index (κ1) is 17.6. The maximum atomic E-state index is 11.8. The Kier molecular flexibility index (Phi) is 6.04. The number of nitrogens with one attached hydrogen (secondary N) is 2. The van der Waals surface area contributed by atoms with Crippen LogP contribution in [0.2, 0.25) is 0 Å². The van der Waals surface area contributed by atoms with Gasteiger partial charge in [0, 0.05) is 18.2 Å². The third-order valence-corrected chi connectivity index (χ3v) is 3.92. The Morgan fingerprint density at radius 3 is 2.92 bits per heavy atom. The molecule has 0 spiro atoms. The molecule has 0 unspecified atom stereocenters. The summed E-state index contributed by atoms with van der Waals surface area (Å²) in [5.74, 6) is -0.459. The maximum absolute atomic E-state index is 11.8. The lowest BCUT2D eigenvalue weighted by atomic mass is 10.2. The summed E-state index contributed by atoms with van der Waals surface area (Å²) in [5, 5.41) is 25.2. The summed E-state index contributed by atoms with van der Waals surface area (Å²) < 4.78 is 0. The average molecular weight is 363 g/mol. The van der Waals surface area contributed by atoms with Gasteiger partial charge in [-0.05, 0) is 30.3 Å². The van der Waals surface area contributed by atoms with Gasteiger partial charge in [-0.15, -0.1) is 10.2 Å². The van der Waals surface area contributed by atoms with Gasteiger partial charge >= 0.3 is 0 Å². The highest BCUT2D eigenvalue weighted by Gasteiger charge is 2.07. The molecule has 0 bridgehead atoms. The van der Waals surface area contributed by atoms with E-state index in [-0.39, 0.29) is 10.8 Å². The maximum Gasteiger partial charge on any atom is 0.270 e. The van der Waals surface area contributed by atoms with Crippen molar-refractivity contribution in [3.05, 3.63) is 51.0 Å². The molecular formula is C14H13N5O3S2. The van der Waals surface area contributed by atoms with Gasteiger partial charge in [-0.3, -0.25) is 20.2 Å². The van der Waals surface area contributed by atoms with Crippen molar-refractivity contribution >= 4 is 51.5 Å². The molecule has 0 fully saturated rings. The second-order valence-corrected chi connectivity index (χ2v) is 5.95. The number of benzene rings is 1. The van der Waals surface area contributed by atoms with Gasteiger partial charge in [0.15, 0.2) is 5.11 Å². The molecule has 1 amide bonds. The molecule has 0 aliphatic rings. The molecule has 10 heteroatoms. The van der Waals surface area contributed by atoms with Crippen LogP contribution >= 0.6 is 23.6 Å². The van der Waals surface area contributed by atoms with Crippen LogP contribution in [0.4, 0.5) is 10.8 Å². The number of nitrogens with zero attached hydrogens (tertiary/aromatic N) is 3. The van der Waals surface area contributed by atoms with Crippen molar-refractivity contribution in [1.29, 1.82) is 0 Å². The number of nitro groups is 1. The summed E-state index contributed by atoms with van der Waals surface area (Å²) in [6.45, 7) is 1.96. The summed E-state index contributed by atoms with van der Waals surface area (Å²) in [5.41, 5.74) is 0.493. The number of carbonyl (C=O) groups excluding carboxylic acids is 1. The second-order valence-electron chi connectivity index (χ2n) is 4.48. The number of rotatable bonds is 5. The first-order valence-electron chi connectivity index (χ1n) is 6.85. The molecule has 1 heterocycles. The van der Waals surface area contributed by atoms with E-state index >= 15 is 0 Å². The van der Waals surface area contributed by atoms with Gasteiger partial charge in [-0.25, -0.2) is 0 Å². The highest BCUT2D eigenvalue weighted by atomic mass is 32.1. The molecule has 24 heavy (non-hydrogen) atoms. The van der Waals surface area contributed by atoms with Gasteiger partial charge in [-0.2, -0.15) is 0 Å². The molecule has 0 saturated carbocycles. The van der Waals surface area contributed by atoms with Crippen molar-refractivity contribution < 1.29 is 9.72 Å². The Balaban J connectivity index is 1.91. The number of amides is 1. The quantitative estimate of drug-likeness (QED) is 0.363. The largest absolute Gasteiger partial charge is 0.307 e. The monoisotopic (exact) mass is 363 g/mol. The van der Waals surface area contributed by atoms with E-state index in [0.717, 1.165) is 11.4 Å². The number of non-ortho nitro benzene ring substituents is 1. The Morgan fingerprint density at radius 2 is 2.25 bits per heavy atom. The van der Waals surface area contributed by atoms with Crippen LogP contribution in [0.3, 0.4) is 0 Å². The number of nitro benzene ring substituents is 1. The second kappa shape index (κ2) is 8.22.